The van der Waals surface area contributed by atoms with Crippen LogP contribution in [0.1, 0.15) is 30.1 Å². The number of fused-ring (bicyclic) bond motifs is 1. The predicted molar refractivity (Wildman–Crippen MR) is 89.8 cm³/mol. The van der Waals surface area contributed by atoms with E-state index in [0.29, 0.717) is 17.9 Å². The molecule has 4 rings (SSSR count). The second-order valence-electron chi connectivity index (χ2n) is 6.12. The van der Waals surface area contributed by atoms with Crippen LogP contribution >= 0.6 is 0 Å². The maximum Gasteiger partial charge on any atom is 0.137 e. The molecule has 1 N–H and O–H groups in total. The number of nitrogens with zero attached hydrogens (tertiary/aromatic N) is 2. The molecular weight excluding hydrogens is 305 g/mol. The lowest BCUT2D eigenvalue weighted by molar-refractivity contribution is 0.473. The molecule has 0 radical (unpaired) electrons. The van der Waals surface area contributed by atoms with Gasteiger partial charge in [0.1, 0.15) is 23.2 Å². The molecule has 0 spiro atoms. The topological polar surface area (TPSA) is 43.0 Å². The summed E-state index contributed by atoms with van der Waals surface area (Å²) in [6.07, 6.45) is 5.49. The van der Waals surface area contributed by atoms with Crippen LogP contribution in [-0.4, -0.2) is 9.55 Å². The fourth-order valence-electron chi connectivity index (χ4n) is 3.21. The molecule has 0 aliphatic carbocycles. The molecule has 2 aromatic heterocycles. The number of rotatable bonds is 5. The second-order valence-corrected chi connectivity index (χ2v) is 6.12. The summed E-state index contributed by atoms with van der Waals surface area (Å²) in [5.41, 5.74) is 1.71. The van der Waals surface area contributed by atoms with Gasteiger partial charge in [-0.3, -0.25) is 0 Å². The van der Waals surface area contributed by atoms with Gasteiger partial charge in [0.15, 0.2) is 0 Å². The summed E-state index contributed by atoms with van der Waals surface area (Å²) in [7, 11) is 0. The SMILES string of the molecule is Fc1ccccc1-c1ccc(CNCc2cnc3n2CCCC3)o1. The number of benzene rings is 1. The van der Waals surface area contributed by atoms with Crippen LogP contribution in [0, 0.1) is 5.82 Å². The Labute approximate surface area is 140 Å². The number of aromatic nitrogens is 2. The van der Waals surface area contributed by atoms with Gasteiger partial charge in [0.2, 0.25) is 0 Å². The summed E-state index contributed by atoms with van der Waals surface area (Å²) in [5, 5.41) is 3.39. The fourth-order valence-corrected chi connectivity index (χ4v) is 3.21. The Bertz CT molecular complexity index is 837. The van der Waals surface area contributed by atoms with Gasteiger partial charge in [0.25, 0.3) is 0 Å². The highest BCUT2D eigenvalue weighted by molar-refractivity contribution is 5.58. The summed E-state index contributed by atoms with van der Waals surface area (Å²) >= 11 is 0. The van der Waals surface area contributed by atoms with E-state index >= 15 is 0 Å². The third kappa shape index (κ3) is 2.99. The lowest BCUT2D eigenvalue weighted by Crippen LogP contribution is -2.18. The lowest BCUT2D eigenvalue weighted by Gasteiger charge is -2.16. The number of aryl methyl sites for hydroxylation is 1. The molecule has 124 valence electrons. The minimum Gasteiger partial charge on any atom is -0.460 e. The van der Waals surface area contributed by atoms with Gasteiger partial charge in [-0.05, 0) is 37.1 Å². The third-order valence-electron chi connectivity index (χ3n) is 4.46. The van der Waals surface area contributed by atoms with Crippen molar-refractivity contribution in [1.82, 2.24) is 14.9 Å². The molecule has 3 aromatic rings. The molecule has 1 aromatic carbocycles. The maximum atomic E-state index is 13.8. The molecule has 1 aliphatic rings. The molecule has 1 aliphatic heterocycles. The molecule has 0 bridgehead atoms. The number of halogens is 1. The average molecular weight is 325 g/mol. The minimum atomic E-state index is -0.266. The van der Waals surface area contributed by atoms with E-state index in [0.717, 1.165) is 25.3 Å². The Hall–Kier alpha value is -2.40. The van der Waals surface area contributed by atoms with Crippen molar-refractivity contribution in [3.05, 3.63) is 65.7 Å². The van der Waals surface area contributed by atoms with E-state index in [1.807, 2.05) is 24.4 Å². The molecule has 3 heterocycles. The highest BCUT2D eigenvalue weighted by atomic mass is 19.1. The largest absolute Gasteiger partial charge is 0.460 e. The van der Waals surface area contributed by atoms with E-state index < -0.39 is 0 Å². The Morgan fingerprint density at radius 1 is 1.12 bits per heavy atom. The van der Waals surface area contributed by atoms with Crippen LogP contribution in [0.3, 0.4) is 0 Å². The average Bonchev–Trinajstić information content (AvgIpc) is 3.23. The smallest absolute Gasteiger partial charge is 0.137 e. The molecule has 4 nitrogen and oxygen atoms in total. The molecule has 0 amide bonds. The van der Waals surface area contributed by atoms with Crippen LogP contribution in [0.25, 0.3) is 11.3 Å². The monoisotopic (exact) mass is 325 g/mol. The number of hydrogen-bond donors (Lipinski definition) is 1. The van der Waals surface area contributed by atoms with Gasteiger partial charge in [0, 0.05) is 25.7 Å². The van der Waals surface area contributed by atoms with Gasteiger partial charge in [-0.25, -0.2) is 9.37 Å². The molecular formula is C19H20FN3O. The van der Waals surface area contributed by atoms with Gasteiger partial charge in [-0.1, -0.05) is 12.1 Å². The predicted octanol–water partition coefficient (Wildman–Crippen LogP) is 3.91. The maximum absolute atomic E-state index is 13.8. The van der Waals surface area contributed by atoms with Crippen LogP contribution in [-0.2, 0) is 26.1 Å². The third-order valence-corrected chi connectivity index (χ3v) is 4.46. The first-order valence-electron chi connectivity index (χ1n) is 8.39. The highest BCUT2D eigenvalue weighted by Crippen LogP contribution is 2.24. The number of hydrogen-bond acceptors (Lipinski definition) is 3. The van der Waals surface area contributed by atoms with Crippen LogP contribution in [0.4, 0.5) is 4.39 Å². The van der Waals surface area contributed by atoms with E-state index in [2.05, 4.69) is 14.9 Å². The van der Waals surface area contributed by atoms with Crippen LogP contribution < -0.4 is 5.32 Å². The molecule has 0 saturated carbocycles. The zero-order valence-electron chi connectivity index (χ0n) is 13.5. The van der Waals surface area contributed by atoms with Gasteiger partial charge in [-0.2, -0.15) is 0 Å². The molecule has 0 unspecified atom stereocenters. The van der Waals surface area contributed by atoms with E-state index in [9.17, 15) is 4.39 Å². The highest BCUT2D eigenvalue weighted by Gasteiger charge is 2.14. The first-order chi connectivity index (χ1) is 11.8. The second kappa shape index (κ2) is 6.61. The van der Waals surface area contributed by atoms with Crippen LogP contribution in [0.5, 0.6) is 0 Å². The van der Waals surface area contributed by atoms with Crippen molar-refractivity contribution in [3.63, 3.8) is 0 Å². The van der Waals surface area contributed by atoms with Crippen LogP contribution in [0.2, 0.25) is 0 Å². The minimum absolute atomic E-state index is 0.266. The van der Waals surface area contributed by atoms with Crippen molar-refractivity contribution in [2.45, 2.75) is 38.9 Å². The zero-order chi connectivity index (χ0) is 16.4. The van der Waals surface area contributed by atoms with E-state index in [-0.39, 0.29) is 5.82 Å². The van der Waals surface area contributed by atoms with Crippen molar-refractivity contribution in [1.29, 1.82) is 0 Å². The van der Waals surface area contributed by atoms with E-state index in [1.165, 1.54) is 30.4 Å². The van der Waals surface area contributed by atoms with E-state index in [4.69, 9.17) is 4.42 Å². The number of imidazole rings is 1. The van der Waals surface area contributed by atoms with Crippen molar-refractivity contribution >= 4 is 0 Å². The Kier molecular flexibility index (Phi) is 4.17. The van der Waals surface area contributed by atoms with Crippen molar-refractivity contribution in [2.24, 2.45) is 0 Å². The van der Waals surface area contributed by atoms with Crippen molar-refractivity contribution in [3.8, 4) is 11.3 Å². The van der Waals surface area contributed by atoms with Gasteiger partial charge < -0.3 is 14.3 Å². The Morgan fingerprint density at radius 3 is 2.96 bits per heavy atom. The molecule has 24 heavy (non-hydrogen) atoms. The molecule has 5 heteroatoms. The summed E-state index contributed by atoms with van der Waals surface area (Å²) < 4.78 is 21.9. The zero-order valence-corrected chi connectivity index (χ0v) is 13.5. The summed E-state index contributed by atoms with van der Waals surface area (Å²) in [6.45, 7) is 2.42. The Morgan fingerprint density at radius 2 is 2.04 bits per heavy atom. The number of nitrogens with one attached hydrogen (secondary N) is 1. The van der Waals surface area contributed by atoms with Gasteiger partial charge in [-0.15, -0.1) is 0 Å². The van der Waals surface area contributed by atoms with E-state index in [1.54, 1.807) is 12.1 Å². The summed E-state index contributed by atoms with van der Waals surface area (Å²) in [6, 6.07) is 10.4. The van der Waals surface area contributed by atoms with Gasteiger partial charge in [0.05, 0.1) is 17.8 Å². The number of furan rings is 1. The van der Waals surface area contributed by atoms with Crippen molar-refractivity contribution in [2.75, 3.05) is 0 Å². The van der Waals surface area contributed by atoms with Crippen LogP contribution in [0.15, 0.2) is 47.0 Å². The molecule has 0 fully saturated rings. The summed E-state index contributed by atoms with van der Waals surface area (Å²) in [5.74, 6) is 2.29. The first-order valence-corrected chi connectivity index (χ1v) is 8.39. The lowest BCUT2D eigenvalue weighted by atomic mass is 10.1. The van der Waals surface area contributed by atoms with Crippen molar-refractivity contribution < 1.29 is 8.81 Å². The summed E-state index contributed by atoms with van der Waals surface area (Å²) in [4.78, 5) is 4.49. The van der Waals surface area contributed by atoms with Gasteiger partial charge >= 0.3 is 0 Å². The molecule has 0 atom stereocenters. The normalized spacial score (nSPS) is 13.9. The molecule has 0 saturated heterocycles. The quantitative estimate of drug-likeness (QED) is 0.773. The standard InChI is InChI=1S/C19H20FN3O/c20-17-6-2-1-5-16(17)18-9-8-15(24-18)13-21-11-14-12-22-19-7-3-4-10-23(14)19/h1-2,5-6,8-9,12,21H,3-4,7,10-11,13H2. The first kappa shape index (κ1) is 15.1. The fraction of sp³-hybridized carbons (Fsp3) is 0.316. The Balaban J connectivity index is 1.39.